The predicted molar refractivity (Wildman–Crippen MR) is 90.1 cm³/mol. The van der Waals surface area contributed by atoms with E-state index in [4.69, 9.17) is 5.73 Å². The summed E-state index contributed by atoms with van der Waals surface area (Å²) >= 11 is 0. The smallest absolute Gasteiger partial charge is 0.240 e. The van der Waals surface area contributed by atoms with E-state index in [9.17, 15) is 9.90 Å². The van der Waals surface area contributed by atoms with E-state index in [0.717, 1.165) is 17.6 Å². The van der Waals surface area contributed by atoms with Gasteiger partial charge in [-0.15, -0.1) is 0 Å². The molecule has 8 heteroatoms. The number of aromatic hydroxyl groups is 1. The molecule has 2 aliphatic heterocycles. The lowest BCUT2D eigenvalue weighted by Gasteiger charge is -2.20. The van der Waals surface area contributed by atoms with E-state index in [1.165, 1.54) is 0 Å². The Morgan fingerprint density at radius 2 is 2.38 bits per heavy atom. The van der Waals surface area contributed by atoms with Gasteiger partial charge in [-0.05, 0) is 31.1 Å². The second-order valence-electron chi connectivity index (χ2n) is 5.78. The standard InChI is InChI=1S/C16H16N6O2/c17-13(23)12-4-2-6-22(12)16-20-11(15(24)21-16)7-9-8-19-14-10(9)3-1-5-18-14/h1,3,5,7-8,12,24H,2,4,6H2,(H2,17,23)(H,20,21)/t12-/m0/s1. The molecule has 122 valence electrons. The molecule has 24 heavy (non-hydrogen) atoms. The largest absolute Gasteiger partial charge is 0.492 e. The van der Waals surface area contributed by atoms with Crippen LogP contribution >= 0.6 is 0 Å². The zero-order chi connectivity index (χ0) is 16.7. The average Bonchev–Trinajstić information content (AvgIpc) is 3.27. The van der Waals surface area contributed by atoms with Crippen molar-refractivity contribution in [1.82, 2.24) is 15.0 Å². The SMILES string of the molecule is NC(=O)[C@@H]1CCCN1c1nc(O)c(C=C2C=Nc3ncccc32)[nH]1. The first-order chi connectivity index (χ1) is 11.6. The van der Waals surface area contributed by atoms with Crippen LogP contribution in [0.4, 0.5) is 11.8 Å². The molecule has 8 nitrogen and oxygen atoms in total. The van der Waals surface area contributed by atoms with Crippen molar-refractivity contribution in [1.29, 1.82) is 0 Å². The molecule has 0 bridgehead atoms. The maximum atomic E-state index is 11.5. The van der Waals surface area contributed by atoms with Gasteiger partial charge in [0.05, 0.1) is 0 Å². The molecule has 1 amide bonds. The number of aliphatic imine (C=N–C) groups is 1. The minimum Gasteiger partial charge on any atom is -0.492 e. The molecule has 0 spiro atoms. The van der Waals surface area contributed by atoms with Gasteiger partial charge in [-0.1, -0.05) is 0 Å². The summed E-state index contributed by atoms with van der Waals surface area (Å²) in [6.45, 7) is 0.671. The number of allylic oxidation sites excluding steroid dienone is 1. The van der Waals surface area contributed by atoms with Gasteiger partial charge in [-0.3, -0.25) is 4.79 Å². The monoisotopic (exact) mass is 324 g/mol. The summed E-state index contributed by atoms with van der Waals surface area (Å²) in [5.41, 5.74) is 7.61. The molecule has 1 atom stereocenters. The summed E-state index contributed by atoms with van der Waals surface area (Å²) in [5, 5.41) is 10.1. The lowest BCUT2D eigenvalue weighted by atomic mass is 10.1. The van der Waals surface area contributed by atoms with Gasteiger partial charge in [-0.25, -0.2) is 9.98 Å². The number of hydrogen-bond donors (Lipinski definition) is 3. The molecule has 2 aromatic rings. The van der Waals surface area contributed by atoms with Crippen molar-refractivity contribution in [3.63, 3.8) is 0 Å². The van der Waals surface area contributed by atoms with E-state index < -0.39 is 6.04 Å². The predicted octanol–water partition coefficient (Wildman–Crippen LogP) is 1.22. The van der Waals surface area contributed by atoms with Gasteiger partial charge in [0.15, 0.2) is 5.82 Å². The fraction of sp³-hybridized carbons (Fsp3) is 0.250. The van der Waals surface area contributed by atoms with Crippen LogP contribution in [-0.4, -0.2) is 44.8 Å². The summed E-state index contributed by atoms with van der Waals surface area (Å²) in [6, 6.07) is 3.36. The van der Waals surface area contributed by atoms with Gasteiger partial charge in [-0.2, -0.15) is 4.98 Å². The quantitative estimate of drug-likeness (QED) is 0.784. The van der Waals surface area contributed by atoms with Crippen LogP contribution in [0.15, 0.2) is 23.3 Å². The molecular weight excluding hydrogens is 308 g/mol. The van der Waals surface area contributed by atoms with Crippen LogP contribution in [0.25, 0.3) is 11.6 Å². The fourth-order valence-electron chi connectivity index (χ4n) is 3.11. The summed E-state index contributed by atoms with van der Waals surface area (Å²) in [5.74, 6) is 0.586. The Bertz CT molecular complexity index is 869. The van der Waals surface area contributed by atoms with Gasteiger partial charge >= 0.3 is 0 Å². The number of carbonyl (C=O) groups excluding carboxylic acids is 1. The first kappa shape index (κ1) is 14.4. The van der Waals surface area contributed by atoms with Gasteiger partial charge in [0.1, 0.15) is 11.7 Å². The maximum absolute atomic E-state index is 11.5. The van der Waals surface area contributed by atoms with Crippen LogP contribution in [0.1, 0.15) is 24.1 Å². The highest BCUT2D eigenvalue weighted by Gasteiger charge is 2.31. The number of hydrogen-bond acceptors (Lipinski definition) is 6. The van der Waals surface area contributed by atoms with Crippen LogP contribution in [0, 0.1) is 0 Å². The summed E-state index contributed by atoms with van der Waals surface area (Å²) in [4.78, 5) is 28.9. The van der Waals surface area contributed by atoms with Crippen LogP contribution < -0.4 is 10.6 Å². The van der Waals surface area contributed by atoms with E-state index in [-0.39, 0.29) is 11.8 Å². The second-order valence-corrected chi connectivity index (χ2v) is 5.78. The van der Waals surface area contributed by atoms with Gasteiger partial charge in [0.2, 0.25) is 17.7 Å². The van der Waals surface area contributed by atoms with Crippen LogP contribution in [0.3, 0.4) is 0 Å². The third-order valence-electron chi connectivity index (χ3n) is 4.28. The zero-order valence-electron chi connectivity index (χ0n) is 12.8. The number of fused-ring (bicyclic) bond motifs is 1. The highest BCUT2D eigenvalue weighted by molar-refractivity contribution is 6.20. The number of imidazole rings is 1. The molecule has 0 aromatic carbocycles. The van der Waals surface area contributed by atoms with Crippen LogP contribution in [0.2, 0.25) is 0 Å². The number of aromatic amines is 1. The van der Waals surface area contributed by atoms with E-state index in [0.29, 0.717) is 30.4 Å². The molecule has 0 unspecified atom stereocenters. The van der Waals surface area contributed by atoms with Crippen molar-refractivity contribution in [2.45, 2.75) is 18.9 Å². The summed E-state index contributed by atoms with van der Waals surface area (Å²) < 4.78 is 0. The van der Waals surface area contributed by atoms with Crippen molar-refractivity contribution in [2.24, 2.45) is 10.7 Å². The molecule has 1 fully saturated rings. The topological polar surface area (TPSA) is 120 Å². The number of pyridine rings is 1. The number of amides is 1. The molecule has 4 heterocycles. The number of H-pyrrole nitrogens is 1. The first-order valence-corrected chi connectivity index (χ1v) is 7.69. The Morgan fingerprint density at radius 1 is 1.50 bits per heavy atom. The molecule has 2 aromatic heterocycles. The van der Waals surface area contributed by atoms with E-state index in [1.54, 1.807) is 23.4 Å². The Kier molecular flexibility index (Phi) is 3.30. The number of carbonyl (C=O) groups is 1. The molecule has 4 rings (SSSR count). The Morgan fingerprint density at radius 3 is 3.21 bits per heavy atom. The fourth-order valence-corrected chi connectivity index (χ4v) is 3.11. The third-order valence-corrected chi connectivity index (χ3v) is 4.28. The molecule has 2 aliphatic rings. The number of nitrogens with zero attached hydrogens (tertiary/aromatic N) is 4. The Hall–Kier alpha value is -3.16. The van der Waals surface area contributed by atoms with Gasteiger partial charge in [0.25, 0.3) is 0 Å². The number of primary amides is 1. The van der Waals surface area contributed by atoms with Gasteiger partial charge in [0, 0.05) is 30.1 Å². The number of rotatable bonds is 3. The van der Waals surface area contributed by atoms with Gasteiger partial charge < -0.3 is 20.7 Å². The van der Waals surface area contributed by atoms with Crippen molar-refractivity contribution in [3.8, 4) is 5.88 Å². The van der Waals surface area contributed by atoms with Crippen LogP contribution in [0.5, 0.6) is 5.88 Å². The maximum Gasteiger partial charge on any atom is 0.240 e. The number of anilines is 1. The second kappa shape index (κ2) is 5.48. The molecule has 1 saturated heterocycles. The lowest BCUT2D eigenvalue weighted by Crippen LogP contribution is -2.40. The summed E-state index contributed by atoms with van der Waals surface area (Å²) in [6.07, 6.45) is 6.69. The molecule has 0 aliphatic carbocycles. The lowest BCUT2D eigenvalue weighted by molar-refractivity contribution is -0.119. The third kappa shape index (κ3) is 2.32. The zero-order valence-corrected chi connectivity index (χ0v) is 12.8. The number of nitrogens with two attached hydrogens (primary N) is 1. The normalized spacial score (nSPS) is 20.8. The highest BCUT2D eigenvalue weighted by Crippen LogP contribution is 2.33. The molecule has 0 radical (unpaired) electrons. The van der Waals surface area contributed by atoms with Crippen LogP contribution in [-0.2, 0) is 4.79 Å². The van der Waals surface area contributed by atoms with E-state index in [2.05, 4.69) is 19.9 Å². The first-order valence-electron chi connectivity index (χ1n) is 7.69. The molecule has 4 N–H and O–H groups in total. The summed E-state index contributed by atoms with van der Waals surface area (Å²) in [7, 11) is 0. The number of nitrogens with one attached hydrogen (secondary N) is 1. The van der Waals surface area contributed by atoms with Crippen molar-refractivity contribution < 1.29 is 9.90 Å². The highest BCUT2D eigenvalue weighted by atomic mass is 16.3. The number of aromatic nitrogens is 3. The molecular formula is C16H16N6O2. The Labute approximate surface area is 137 Å². The van der Waals surface area contributed by atoms with E-state index >= 15 is 0 Å². The average molecular weight is 324 g/mol. The van der Waals surface area contributed by atoms with Crippen molar-refractivity contribution in [2.75, 3.05) is 11.4 Å². The Balaban J connectivity index is 1.67. The van der Waals surface area contributed by atoms with Crippen molar-refractivity contribution >= 4 is 35.5 Å². The minimum atomic E-state index is -0.394. The van der Waals surface area contributed by atoms with Crippen molar-refractivity contribution in [3.05, 3.63) is 29.6 Å². The van der Waals surface area contributed by atoms with E-state index in [1.807, 2.05) is 12.1 Å². The minimum absolute atomic E-state index is 0.127. The molecule has 0 saturated carbocycles.